The van der Waals surface area contributed by atoms with Gasteiger partial charge in [-0.05, 0) is 89.5 Å². The summed E-state index contributed by atoms with van der Waals surface area (Å²) < 4.78 is 4.18. The Labute approximate surface area is 298 Å². The zero-order valence-corrected chi connectivity index (χ0v) is 27.5. The fourth-order valence-corrected chi connectivity index (χ4v) is 7.55. The Balaban J connectivity index is 1.36. The van der Waals surface area contributed by atoms with Gasteiger partial charge in [-0.1, -0.05) is 72.8 Å². The first kappa shape index (κ1) is 30.2. The largest absolute Gasteiger partial charge is 0.308 e. The molecule has 0 aliphatic heterocycles. The molecule has 0 amide bonds. The van der Waals surface area contributed by atoms with E-state index in [-0.39, 0.29) is 0 Å². The van der Waals surface area contributed by atoms with E-state index in [9.17, 15) is 21.0 Å². The van der Waals surface area contributed by atoms with Gasteiger partial charge in [0.2, 0.25) is 0 Å². The van der Waals surface area contributed by atoms with E-state index in [1.54, 1.807) is 12.1 Å². The summed E-state index contributed by atoms with van der Waals surface area (Å²) in [5, 5.41) is 44.7. The highest BCUT2D eigenvalue weighted by atomic mass is 15.0. The Bertz CT molecular complexity index is 3120. The van der Waals surface area contributed by atoms with Crippen LogP contribution in [0.4, 0.5) is 0 Å². The van der Waals surface area contributed by atoms with Gasteiger partial charge in [-0.3, -0.25) is 0 Å². The fourth-order valence-electron chi connectivity index (χ4n) is 7.55. The molecule has 238 valence electrons. The molecule has 6 heteroatoms. The van der Waals surface area contributed by atoms with Gasteiger partial charge in [0, 0.05) is 27.1 Å². The van der Waals surface area contributed by atoms with Crippen molar-refractivity contribution in [2.45, 2.75) is 0 Å². The molecule has 0 radical (unpaired) electrons. The zero-order valence-electron chi connectivity index (χ0n) is 27.5. The standard InChI is InChI=1S/C46H24N6/c47-25-29-14-17-44-39(20-29)36-10-4-6-12-42(36)51(44)41-19-16-32(22-34(41)27-49)38-24-33(31-8-2-1-3-9-31)23-35(28-50)46(38)52-43-13-7-5-11-37(43)40-21-30(26-48)15-18-45(40)52/h1-24H. The summed E-state index contributed by atoms with van der Waals surface area (Å²) in [5.74, 6) is 0. The normalized spacial score (nSPS) is 11.0. The number of aromatic nitrogens is 2. The van der Waals surface area contributed by atoms with Gasteiger partial charge >= 0.3 is 0 Å². The summed E-state index contributed by atoms with van der Waals surface area (Å²) in [6.07, 6.45) is 0. The van der Waals surface area contributed by atoms with Crippen LogP contribution in [0.15, 0.2) is 146 Å². The monoisotopic (exact) mass is 660 g/mol. The third-order valence-electron chi connectivity index (χ3n) is 9.83. The first-order valence-corrected chi connectivity index (χ1v) is 16.7. The smallest absolute Gasteiger partial charge is 0.101 e. The molecule has 0 aliphatic carbocycles. The molecule has 0 saturated carbocycles. The minimum atomic E-state index is 0.458. The molecule has 0 saturated heterocycles. The number of para-hydroxylation sites is 2. The molecule has 0 N–H and O–H groups in total. The molecular weight excluding hydrogens is 637 g/mol. The molecule has 0 bridgehead atoms. The zero-order chi connectivity index (χ0) is 35.3. The molecule has 9 aromatic rings. The lowest BCUT2D eigenvalue weighted by Gasteiger charge is -2.19. The molecule has 6 nitrogen and oxygen atoms in total. The van der Waals surface area contributed by atoms with Crippen LogP contribution < -0.4 is 0 Å². The highest BCUT2D eigenvalue weighted by Gasteiger charge is 2.22. The van der Waals surface area contributed by atoms with Crippen LogP contribution in [0.25, 0.3) is 77.2 Å². The lowest BCUT2D eigenvalue weighted by Crippen LogP contribution is -2.03. The number of hydrogen-bond donors (Lipinski definition) is 0. The third kappa shape index (κ3) is 4.54. The van der Waals surface area contributed by atoms with Crippen molar-refractivity contribution in [1.82, 2.24) is 9.13 Å². The van der Waals surface area contributed by atoms with Gasteiger partial charge in [0.25, 0.3) is 0 Å². The van der Waals surface area contributed by atoms with Crippen LogP contribution in [0.3, 0.4) is 0 Å². The van der Waals surface area contributed by atoms with Crippen LogP contribution in [0.2, 0.25) is 0 Å². The maximum absolute atomic E-state index is 10.8. The van der Waals surface area contributed by atoms with E-state index in [0.29, 0.717) is 33.6 Å². The number of rotatable bonds is 4. The highest BCUT2D eigenvalue weighted by molar-refractivity contribution is 6.11. The molecular formula is C46H24N6. The van der Waals surface area contributed by atoms with Crippen LogP contribution in [0, 0.1) is 45.3 Å². The second-order valence-corrected chi connectivity index (χ2v) is 12.6. The van der Waals surface area contributed by atoms with Crippen molar-refractivity contribution in [2.24, 2.45) is 0 Å². The van der Waals surface area contributed by atoms with Gasteiger partial charge in [0.15, 0.2) is 0 Å². The highest BCUT2D eigenvalue weighted by Crippen LogP contribution is 2.42. The average molecular weight is 661 g/mol. The quantitative estimate of drug-likeness (QED) is 0.187. The second kappa shape index (κ2) is 11.9. The van der Waals surface area contributed by atoms with Crippen molar-refractivity contribution in [3.8, 4) is 57.9 Å². The molecule has 2 heterocycles. The predicted octanol–water partition coefficient (Wildman–Crippen LogP) is 10.7. The van der Waals surface area contributed by atoms with Gasteiger partial charge in [0.1, 0.15) is 12.1 Å². The summed E-state index contributed by atoms with van der Waals surface area (Å²) in [4.78, 5) is 0. The van der Waals surface area contributed by atoms with E-state index < -0.39 is 0 Å². The molecule has 0 fully saturated rings. The van der Waals surface area contributed by atoms with E-state index in [4.69, 9.17) is 0 Å². The maximum atomic E-state index is 10.8. The first-order valence-electron chi connectivity index (χ1n) is 16.7. The Kier molecular flexibility index (Phi) is 6.91. The number of nitrogens with zero attached hydrogens (tertiary/aromatic N) is 6. The summed E-state index contributed by atoms with van der Waals surface area (Å²) >= 11 is 0. The molecule has 2 aromatic heterocycles. The average Bonchev–Trinajstić information content (AvgIpc) is 3.72. The second-order valence-electron chi connectivity index (χ2n) is 12.6. The van der Waals surface area contributed by atoms with E-state index >= 15 is 0 Å². The fraction of sp³-hybridized carbons (Fsp3) is 0. The van der Waals surface area contributed by atoms with Gasteiger partial charge in [-0.15, -0.1) is 0 Å². The van der Waals surface area contributed by atoms with E-state index in [1.165, 1.54) is 0 Å². The lowest BCUT2D eigenvalue weighted by molar-refractivity contribution is 1.16. The first-order chi connectivity index (χ1) is 25.6. The minimum Gasteiger partial charge on any atom is -0.308 e. The molecule has 52 heavy (non-hydrogen) atoms. The van der Waals surface area contributed by atoms with E-state index in [0.717, 1.165) is 65.9 Å². The van der Waals surface area contributed by atoms with Crippen molar-refractivity contribution in [1.29, 1.82) is 21.0 Å². The predicted molar refractivity (Wildman–Crippen MR) is 205 cm³/mol. The summed E-state index contributed by atoms with van der Waals surface area (Å²) in [7, 11) is 0. The molecule has 7 aromatic carbocycles. The van der Waals surface area contributed by atoms with Crippen LogP contribution in [0.5, 0.6) is 0 Å². The van der Waals surface area contributed by atoms with Crippen molar-refractivity contribution < 1.29 is 0 Å². The topological polar surface area (TPSA) is 105 Å². The van der Waals surface area contributed by atoms with Gasteiger partial charge in [0.05, 0.1) is 67.8 Å². The minimum absolute atomic E-state index is 0.458. The number of nitriles is 4. The molecule has 0 unspecified atom stereocenters. The summed E-state index contributed by atoms with van der Waals surface area (Å²) in [6.45, 7) is 0. The summed E-state index contributed by atoms with van der Waals surface area (Å²) in [6, 6.07) is 56.6. The molecule has 0 aliphatic rings. The number of benzene rings is 7. The Hall–Kier alpha value is -7.90. The van der Waals surface area contributed by atoms with Gasteiger partial charge in [-0.2, -0.15) is 21.0 Å². The van der Waals surface area contributed by atoms with Gasteiger partial charge in [-0.25, -0.2) is 0 Å². The van der Waals surface area contributed by atoms with Crippen LogP contribution >= 0.6 is 0 Å². The number of fused-ring (bicyclic) bond motifs is 6. The van der Waals surface area contributed by atoms with Crippen molar-refractivity contribution in [3.05, 3.63) is 168 Å². The Morgan fingerprint density at radius 1 is 0.365 bits per heavy atom. The van der Waals surface area contributed by atoms with Crippen molar-refractivity contribution >= 4 is 43.6 Å². The Morgan fingerprint density at radius 3 is 1.52 bits per heavy atom. The third-order valence-corrected chi connectivity index (χ3v) is 9.83. The molecule has 9 rings (SSSR count). The maximum Gasteiger partial charge on any atom is 0.101 e. The molecule has 0 spiro atoms. The van der Waals surface area contributed by atoms with E-state index in [1.807, 2.05) is 127 Å². The van der Waals surface area contributed by atoms with E-state index in [2.05, 4.69) is 39.5 Å². The molecule has 0 atom stereocenters. The van der Waals surface area contributed by atoms with Crippen LogP contribution in [-0.2, 0) is 0 Å². The summed E-state index contributed by atoms with van der Waals surface area (Å²) in [5.41, 5.74) is 10.4. The Morgan fingerprint density at radius 2 is 0.904 bits per heavy atom. The SMILES string of the molecule is N#Cc1ccc2c(c1)c1ccccc1n2-c1ccc(-c2cc(-c3ccccc3)cc(C#N)c2-n2c3ccccc3c3cc(C#N)ccc32)cc1C#N. The lowest BCUT2D eigenvalue weighted by atomic mass is 9.92. The van der Waals surface area contributed by atoms with Crippen LogP contribution in [0.1, 0.15) is 22.3 Å². The van der Waals surface area contributed by atoms with Gasteiger partial charge < -0.3 is 9.13 Å². The van der Waals surface area contributed by atoms with Crippen molar-refractivity contribution in [3.63, 3.8) is 0 Å². The number of hydrogen-bond acceptors (Lipinski definition) is 4. The van der Waals surface area contributed by atoms with Crippen molar-refractivity contribution in [2.75, 3.05) is 0 Å². The van der Waals surface area contributed by atoms with Crippen LogP contribution in [-0.4, -0.2) is 9.13 Å².